The lowest BCUT2D eigenvalue weighted by Gasteiger charge is -2.27. The Morgan fingerprint density at radius 2 is 1.37 bits per heavy atom. The first-order valence-electron chi connectivity index (χ1n) is 12.2. The third kappa shape index (κ3) is 13.1. The molecule has 5 unspecified atom stereocenters. The van der Waals surface area contributed by atoms with Crippen LogP contribution in [0.1, 0.15) is 72.6 Å². The van der Waals surface area contributed by atoms with Gasteiger partial charge in [-0.2, -0.15) is 0 Å². The largest absolute Gasteiger partial charge is 0.480 e. The topological polar surface area (TPSA) is 220 Å². The lowest BCUT2D eigenvalue weighted by molar-refractivity contribution is -0.142. The fourth-order valence-corrected chi connectivity index (χ4v) is 3.33. The number of primary amides is 1. The van der Waals surface area contributed by atoms with Crippen LogP contribution in [-0.2, 0) is 24.0 Å². The molecule has 0 aliphatic carbocycles. The quantitative estimate of drug-likeness (QED) is 0.119. The van der Waals surface area contributed by atoms with E-state index in [-0.39, 0.29) is 31.1 Å². The standard InChI is InChI=1S/C23H44N6O6/c1-5-14(4)19(26)22(33)27-15(8-6-7-11-24)20(31)29-17(12-13(2)3)21(32)28-16(23(34)35)9-10-18(25)30/h13-17,19H,5-12,24,26H2,1-4H3,(H2,25,30)(H,27,33)(H,28,32)(H,29,31)(H,34,35). The normalized spacial score (nSPS) is 15.4. The van der Waals surface area contributed by atoms with Gasteiger partial charge in [0.25, 0.3) is 0 Å². The first-order valence-corrected chi connectivity index (χ1v) is 12.2. The molecule has 0 aromatic carbocycles. The molecule has 5 atom stereocenters. The highest BCUT2D eigenvalue weighted by Gasteiger charge is 2.31. The summed E-state index contributed by atoms with van der Waals surface area (Å²) in [5.74, 6) is -3.85. The number of unbranched alkanes of at least 4 members (excludes halogenated alkanes) is 1. The van der Waals surface area contributed by atoms with Crippen molar-refractivity contribution in [1.82, 2.24) is 16.0 Å². The van der Waals surface area contributed by atoms with Gasteiger partial charge >= 0.3 is 5.97 Å². The van der Waals surface area contributed by atoms with Crippen molar-refractivity contribution in [2.45, 2.75) is 96.8 Å². The van der Waals surface area contributed by atoms with Gasteiger partial charge in [0.15, 0.2) is 0 Å². The van der Waals surface area contributed by atoms with Crippen LogP contribution in [-0.4, -0.2) is 65.4 Å². The van der Waals surface area contributed by atoms with Crippen LogP contribution in [0.25, 0.3) is 0 Å². The highest BCUT2D eigenvalue weighted by molar-refractivity contribution is 5.94. The van der Waals surface area contributed by atoms with Gasteiger partial charge in [0.2, 0.25) is 23.6 Å². The Labute approximate surface area is 207 Å². The summed E-state index contributed by atoms with van der Waals surface area (Å²) >= 11 is 0. The van der Waals surface area contributed by atoms with E-state index in [1.54, 1.807) is 0 Å². The number of amides is 4. The average molecular weight is 501 g/mol. The van der Waals surface area contributed by atoms with Crippen molar-refractivity contribution in [3.8, 4) is 0 Å². The molecule has 0 saturated heterocycles. The molecule has 0 fully saturated rings. The Kier molecular flexibility index (Phi) is 15.5. The summed E-state index contributed by atoms with van der Waals surface area (Å²) in [7, 11) is 0. The van der Waals surface area contributed by atoms with Gasteiger partial charge in [0, 0.05) is 6.42 Å². The third-order valence-electron chi connectivity index (χ3n) is 5.77. The van der Waals surface area contributed by atoms with Gasteiger partial charge in [-0.1, -0.05) is 34.1 Å². The number of aliphatic carboxylic acids is 1. The molecule has 0 aliphatic heterocycles. The van der Waals surface area contributed by atoms with Gasteiger partial charge in [-0.05, 0) is 50.5 Å². The fourth-order valence-electron chi connectivity index (χ4n) is 3.33. The van der Waals surface area contributed by atoms with Gasteiger partial charge < -0.3 is 38.3 Å². The van der Waals surface area contributed by atoms with Gasteiger partial charge in [-0.15, -0.1) is 0 Å². The Morgan fingerprint density at radius 1 is 0.829 bits per heavy atom. The van der Waals surface area contributed by atoms with Crippen LogP contribution in [0.3, 0.4) is 0 Å². The van der Waals surface area contributed by atoms with Crippen LogP contribution >= 0.6 is 0 Å². The van der Waals surface area contributed by atoms with Crippen molar-refractivity contribution in [2.24, 2.45) is 29.0 Å². The first-order chi connectivity index (χ1) is 16.3. The van der Waals surface area contributed by atoms with Crippen molar-refractivity contribution in [2.75, 3.05) is 6.54 Å². The molecule has 0 saturated carbocycles. The Morgan fingerprint density at radius 3 is 1.86 bits per heavy atom. The highest BCUT2D eigenvalue weighted by atomic mass is 16.4. The molecule has 0 rings (SSSR count). The molecule has 4 amide bonds. The van der Waals surface area contributed by atoms with E-state index in [1.165, 1.54) is 0 Å². The molecule has 35 heavy (non-hydrogen) atoms. The van der Waals surface area contributed by atoms with E-state index in [0.29, 0.717) is 32.2 Å². The van der Waals surface area contributed by atoms with Gasteiger partial charge in [-0.25, -0.2) is 4.79 Å². The minimum Gasteiger partial charge on any atom is -0.480 e. The molecule has 0 bridgehead atoms. The van der Waals surface area contributed by atoms with Crippen molar-refractivity contribution < 1.29 is 29.1 Å². The predicted molar refractivity (Wildman–Crippen MR) is 132 cm³/mol. The Hall–Kier alpha value is -2.73. The second kappa shape index (κ2) is 16.8. The van der Waals surface area contributed by atoms with Crippen molar-refractivity contribution >= 4 is 29.6 Å². The summed E-state index contributed by atoms with van der Waals surface area (Å²) in [5.41, 5.74) is 16.6. The first kappa shape index (κ1) is 32.3. The van der Waals surface area contributed by atoms with Crippen molar-refractivity contribution in [3.05, 3.63) is 0 Å². The number of hydrogen-bond acceptors (Lipinski definition) is 7. The number of nitrogens with one attached hydrogen (secondary N) is 3. The maximum absolute atomic E-state index is 13.1. The molecule has 10 N–H and O–H groups in total. The van der Waals surface area contributed by atoms with Gasteiger partial charge in [0.05, 0.1) is 6.04 Å². The van der Waals surface area contributed by atoms with Crippen LogP contribution < -0.4 is 33.2 Å². The number of carbonyl (C=O) groups is 5. The molecule has 0 radical (unpaired) electrons. The molecule has 12 heteroatoms. The zero-order chi connectivity index (χ0) is 27.1. The lowest BCUT2D eigenvalue weighted by atomic mass is 9.98. The average Bonchev–Trinajstić information content (AvgIpc) is 2.78. The number of rotatable bonds is 18. The van der Waals surface area contributed by atoms with Crippen molar-refractivity contribution in [1.29, 1.82) is 0 Å². The summed E-state index contributed by atoms with van der Waals surface area (Å²) in [4.78, 5) is 61.1. The lowest BCUT2D eigenvalue weighted by Crippen LogP contribution is -2.57. The van der Waals surface area contributed by atoms with E-state index in [0.717, 1.165) is 0 Å². The predicted octanol–water partition coefficient (Wildman–Crippen LogP) is -0.661. The smallest absolute Gasteiger partial charge is 0.326 e. The van der Waals surface area contributed by atoms with E-state index in [4.69, 9.17) is 17.2 Å². The van der Waals surface area contributed by atoms with Crippen LogP contribution in [0.5, 0.6) is 0 Å². The number of carboxylic acid groups (broad SMARTS) is 1. The minimum absolute atomic E-state index is 0.0101. The Bertz CT molecular complexity index is 717. The molecule has 0 spiro atoms. The maximum atomic E-state index is 13.1. The van der Waals surface area contributed by atoms with Crippen LogP contribution in [0, 0.1) is 11.8 Å². The molecule has 0 aliphatic rings. The third-order valence-corrected chi connectivity index (χ3v) is 5.77. The minimum atomic E-state index is -1.34. The molecule has 0 aromatic heterocycles. The Balaban J connectivity index is 5.55. The molecule has 202 valence electrons. The van der Waals surface area contributed by atoms with Gasteiger partial charge in [0.1, 0.15) is 18.1 Å². The van der Waals surface area contributed by atoms with Gasteiger partial charge in [-0.3, -0.25) is 19.2 Å². The van der Waals surface area contributed by atoms with Crippen LogP contribution in [0.2, 0.25) is 0 Å². The van der Waals surface area contributed by atoms with E-state index >= 15 is 0 Å². The summed E-state index contributed by atoms with van der Waals surface area (Å²) in [6.45, 7) is 7.87. The summed E-state index contributed by atoms with van der Waals surface area (Å²) in [5, 5.41) is 17.1. The molecular formula is C23H44N6O6. The summed E-state index contributed by atoms with van der Waals surface area (Å²) in [6.07, 6.45) is 2.05. The molecule has 12 nitrogen and oxygen atoms in total. The number of carboxylic acids is 1. The summed E-state index contributed by atoms with van der Waals surface area (Å²) in [6, 6.07) is -4.11. The number of hydrogen-bond donors (Lipinski definition) is 7. The second-order valence-electron chi connectivity index (χ2n) is 9.35. The molecular weight excluding hydrogens is 456 g/mol. The molecule has 0 heterocycles. The summed E-state index contributed by atoms with van der Waals surface area (Å²) < 4.78 is 0. The van der Waals surface area contributed by atoms with E-state index < -0.39 is 53.8 Å². The second-order valence-corrected chi connectivity index (χ2v) is 9.35. The van der Waals surface area contributed by atoms with E-state index in [1.807, 2.05) is 27.7 Å². The zero-order valence-corrected chi connectivity index (χ0v) is 21.3. The number of carbonyl (C=O) groups excluding carboxylic acids is 4. The zero-order valence-electron chi connectivity index (χ0n) is 21.3. The van der Waals surface area contributed by atoms with E-state index in [2.05, 4.69) is 16.0 Å². The van der Waals surface area contributed by atoms with E-state index in [9.17, 15) is 29.1 Å². The number of nitrogens with two attached hydrogens (primary N) is 3. The monoisotopic (exact) mass is 500 g/mol. The maximum Gasteiger partial charge on any atom is 0.326 e. The van der Waals surface area contributed by atoms with Crippen molar-refractivity contribution in [3.63, 3.8) is 0 Å². The highest BCUT2D eigenvalue weighted by Crippen LogP contribution is 2.10. The SMILES string of the molecule is CCC(C)C(N)C(=O)NC(CCCCN)C(=O)NC(CC(C)C)C(=O)NC(CCC(N)=O)C(=O)O. The van der Waals surface area contributed by atoms with Crippen LogP contribution in [0.15, 0.2) is 0 Å². The van der Waals surface area contributed by atoms with Crippen LogP contribution in [0.4, 0.5) is 0 Å². The molecule has 0 aromatic rings. The fraction of sp³-hybridized carbons (Fsp3) is 0.783.